The van der Waals surface area contributed by atoms with E-state index >= 15 is 0 Å². The van der Waals surface area contributed by atoms with E-state index < -0.39 is 26.7 Å². The van der Waals surface area contributed by atoms with Gasteiger partial charge in [-0.3, -0.25) is 4.79 Å². The van der Waals surface area contributed by atoms with Crippen molar-refractivity contribution in [3.63, 3.8) is 0 Å². The van der Waals surface area contributed by atoms with Crippen LogP contribution in [0.4, 0.5) is 18.9 Å². The van der Waals surface area contributed by atoms with Crippen molar-refractivity contribution in [1.29, 1.82) is 0 Å². The van der Waals surface area contributed by atoms with Crippen LogP contribution in [0.15, 0.2) is 47.4 Å². The maximum absolute atomic E-state index is 12.9. The second kappa shape index (κ2) is 8.45. The highest BCUT2D eigenvalue weighted by atomic mass is 32.2. The third-order valence-corrected chi connectivity index (χ3v) is 8.22. The Bertz CT molecular complexity index is 1260. The van der Waals surface area contributed by atoms with E-state index in [1.807, 2.05) is 19.1 Å². The highest BCUT2D eigenvalue weighted by molar-refractivity contribution is 7.89. The van der Waals surface area contributed by atoms with Gasteiger partial charge in [0.05, 0.1) is 25.7 Å². The first-order valence-corrected chi connectivity index (χ1v) is 12.2. The number of piperidine rings is 1. The third-order valence-electron chi connectivity index (χ3n) is 5.39. The zero-order valence-electron chi connectivity index (χ0n) is 17.0. The van der Waals surface area contributed by atoms with E-state index in [2.05, 4.69) is 10.3 Å². The van der Waals surface area contributed by atoms with Gasteiger partial charge in [0.1, 0.15) is 0 Å². The molecule has 1 aliphatic heterocycles. The van der Waals surface area contributed by atoms with Crippen LogP contribution in [0.3, 0.4) is 0 Å². The number of aryl methyl sites for hydroxylation is 1. The molecular formula is C21H20F3N3O3S2. The van der Waals surface area contributed by atoms with Crippen molar-refractivity contribution in [2.75, 3.05) is 18.4 Å². The minimum Gasteiger partial charge on any atom is -0.326 e. The van der Waals surface area contributed by atoms with Crippen LogP contribution in [-0.2, 0) is 21.0 Å². The number of benzene rings is 2. The first-order chi connectivity index (χ1) is 15.0. The summed E-state index contributed by atoms with van der Waals surface area (Å²) in [4.78, 5) is 16.7. The summed E-state index contributed by atoms with van der Waals surface area (Å²) in [7, 11) is -4.08. The molecule has 0 atom stereocenters. The van der Waals surface area contributed by atoms with Gasteiger partial charge in [0.2, 0.25) is 15.9 Å². The van der Waals surface area contributed by atoms with Gasteiger partial charge in [-0.15, -0.1) is 11.3 Å². The largest absolute Gasteiger partial charge is 0.416 e. The Morgan fingerprint density at radius 1 is 1.16 bits per heavy atom. The van der Waals surface area contributed by atoms with Crippen LogP contribution in [0.5, 0.6) is 0 Å². The topological polar surface area (TPSA) is 79.4 Å². The molecule has 3 aromatic rings. The second-order valence-corrected chi connectivity index (χ2v) is 10.8. The van der Waals surface area contributed by atoms with Gasteiger partial charge in [0, 0.05) is 24.7 Å². The number of halogens is 3. The van der Waals surface area contributed by atoms with Crippen molar-refractivity contribution in [2.24, 2.45) is 5.92 Å². The molecule has 6 nitrogen and oxygen atoms in total. The molecule has 32 heavy (non-hydrogen) atoms. The van der Waals surface area contributed by atoms with E-state index in [-0.39, 0.29) is 37.8 Å². The number of carbonyl (C=O) groups excluding carboxylic acids is 1. The molecule has 0 radical (unpaired) electrons. The number of aromatic nitrogens is 1. The van der Waals surface area contributed by atoms with Gasteiger partial charge in [0.25, 0.3) is 0 Å². The molecule has 1 N–H and O–H groups in total. The first-order valence-electron chi connectivity index (χ1n) is 9.89. The molecule has 170 valence electrons. The maximum Gasteiger partial charge on any atom is 0.416 e. The van der Waals surface area contributed by atoms with Gasteiger partial charge in [-0.05, 0) is 56.2 Å². The Hall–Kier alpha value is -2.50. The van der Waals surface area contributed by atoms with E-state index in [9.17, 15) is 26.4 Å². The zero-order valence-corrected chi connectivity index (χ0v) is 18.6. The Morgan fingerprint density at radius 3 is 2.56 bits per heavy atom. The van der Waals surface area contributed by atoms with Gasteiger partial charge in [-0.2, -0.15) is 17.5 Å². The SMILES string of the molecule is Cc1nc2ccc(NC(=O)C3CCN(S(=O)(=O)c4cccc(C(F)(F)F)c4)CC3)cc2s1. The highest BCUT2D eigenvalue weighted by Gasteiger charge is 2.35. The van der Waals surface area contributed by atoms with Crippen LogP contribution in [0, 0.1) is 12.8 Å². The van der Waals surface area contributed by atoms with E-state index in [1.54, 1.807) is 6.07 Å². The fraction of sp³-hybridized carbons (Fsp3) is 0.333. The van der Waals surface area contributed by atoms with Crippen LogP contribution < -0.4 is 5.32 Å². The molecule has 1 aromatic heterocycles. The fourth-order valence-corrected chi connectivity index (χ4v) is 6.08. The van der Waals surface area contributed by atoms with Crippen LogP contribution in [-0.4, -0.2) is 36.7 Å². The number of anilines is 1. The van der Waals surface area contributed by atoms with Gasteiger partial charge < -0.3 is 5.32 Å². The number of fused-ring (bicyclic) bond motifs is 1. The third kappa shape index (κ3) is 4.64. The minimum atomic E-state index is -4.63. The van der Waals surface area contributed by atoms with Crippen molar-refractivity contribution in [1.82, 2.24) is 9.29 Å². The van der Waals surface area contributed by atoms with E-state index in [4.69, 9.17) is 0 Å². The number of carbonyl (C=O) groups is 1. The number of nitrogens with zero attached hydrogens (tertiary/aromatic N) is 2. The molecule has 0 aliphatic carbocycles. The van der Waals surface area contributed by atoms with Crippen molar-refractivity contribution in [3.8, 4) is 0 Å². The maximum atomic E-state index is 12.9. The number of alkyl halides is 3. The van der Waals surface area contributed by atoms with Crippen LogP contribution >= 0.6 is 11.3 Å². The molecule has 0 saturated carbocycles. The van der Waals surface area contributed by atoms with Gasteiger partial charge in [-0.25, -0.2) is 13.4 Å². The second-order valence-electron chi connectivity index (χ2n) is 7.61. The predicted octanol–water partition coefficient (Wildman–Crippen LogP) is 4.66. The Morgan fingerprint density at radius 2 is 1.88 bits per heavy atom. The smallest absolute Gasteiger partial charge is 0.326 e. The lowest BCUT2D eigenvalue weighted by Gasteiger charge is -2.30. The molecule has 1 saturated heterocycles. The molecule has 0 bridgehead atoms. The minimum absolute atomic E-state index is 0.0593. The van der Waals surface area contributed by atoms with E-state index in [0.29, 0.717) is 11.8 Å². The summed E-state index contributed by atoms with van der Waals surface area (Å²) in [5.41, 5.74) is 0.490. The Kier molecular flexibility index (Phi) is 5.99. The normalized spacial score (nSPS) is 16.4. The lowest BCUT2D eigenvalue weighted by Crippen LogP contribution is -2.41. The van der Waals surface area contributed by atoms with Crippen LogP contribution in [0.25, 0.3) is 10.2 Å². The average molecular weight is 484 g/mol. The molecule has 0 spiro atoms. The quantitative estimate of drug-likeness (QED) is 0.585. The summed E-state index contributed by atoms with van der Waals surface area (Å²) < 4.78 is 66.6. The van der Waals surface area contributed by atoms with Gasteiger partial charge in [0.15, 0.2) is 0 Å². The van der Waals surface area contributed by atoms with Crippen LogP contribution in [0.1, 0.15) is 23.4 Å². The van der Waals surface area contributed by atoms with Crippen molar-refractivity contribution in [3.05, 3.63) is 53.0 Å². The summed E-state index contributed by atoms with van der Waals surface area (Å²) in [6.45, 7) is 2.03. The summed E-state index contributed by atoms with van der Waals surface area (Å²) in [5, 5.41) is 3.80. The van der Waals surface area contributed by atoms with Crippen molar-refractivity contribution >= 4 is 43.2 Å². The molecule has 0 unspecified atom stereocenters. The Balaban J connectivity index is 1.41. The summed E-state index contributed by atoms with van der Waals surface area (Å²) >= 11 is 1.53. The number of hydrogen-bond donors (Lipinski definition) is 1. The average Bonchev–Trinajstić information content (AvgIpc) is 3.12. The van der Waals surface area contributed by atoms with Gasteiger partial charge >= 0.3 is 6.18 Å². The molecule has 1 amide bonds. The lowest BCUT2D eigenvalue weighted by atomic mass is 9.97. The molecule has 1 fully saturated rings. The van der Waals surface area contributed by atoms with Crippen molar-refractivity contribution in [2.45, 2.75) is 30.8 Å². The fourth-order valence-electron chi connectivity index (χ4n) is 3.70. The number of thiazole rings is 1. The summed E-state index contributed by atoms with van der Waals surface area (Å²) in [6.07, 6.45) is -4.06. The molecule has 4 rings (SSSR count). The lowest BCUT2D eigenvalue weighted by molar-refractivity contribution is -0.137. The predicted molar refractivity (Wildman–Crippen MR) is 116 cm³/mol. The standard InChI is InChI=1S/C21H20F3N3O3S2/c1-13-25-18-6-5-16(12-19(18)31-13)26-20(28)14-7-9-27(10-8-14)32(29,30)17-4-2-3-15(11-17)21(22,23)24/h2-6,11-12,14H,7-10H2,1H3,(H,26,28). The van der Waals surface area contributed by atoms with Crippen molar-refractivity contribution < 1.29 is 26.4 Å². The molecule has 11 heteroatoms. The summed E-state index contributed by atoms with van der Waals surface area (Å²) in [5.74, 6) is -0.594. The van der Waals surface area contributed by atoms with Crippen LogP contribution in [0.2, 0.25) is 0 Å². The summed E-state index contributed by atoms with van der Waals surface area (Å²) in [6, 6.07) is 9.17. The monoisotopic (exact) mass is 483 g/mol. The zero-order chi connectivity index (χ0) is 23.1. The highest BCUT2D eigenvalue weighted by Crippen LogP contribution is 2.32. The number of hydrogen-bond acceptors (Lipinski definition) is 5. The van der Waals surface area contributed by atoms with E-state index in [0.717, 1.165) is 37.7 Å². The number of rotatable bonds is 4. The number of nitrogens with one attached hydrogen (secondary N) is 1. The molecule has 2 aromatic carbocycles. The van der Waals surface area contributed by atoms with E-state index in [1.165, 1.54) is 11.3 Å². The Labute approximate surface area is 187 Å². The number of sulfonamides is 1. The molecule has 1 aliphatic rings. The molecule has 2 heterocycles. The molecular weight excluding hydrogens is 463 g/mol. The number of amides is 1. The van der Waals surface area contributed by atoms with Gasteiger partial charge in [-0.1, -0.05) is 6.07 Å². The first kappa shape index (κ1) is 22.7.